The van der Waals surface area contributed by atoms with Gasteiger partial charge in [-0.2, -0.15) is 0 Å². The maximum absolute atomic E-state index is 11.5. The molecule has 0 bridgehead atoms. The van der Waals surface area contributed by atoms with Crippen LogP contribution in [0, 0.1) is 10.1 Å². The predicted molar refractivity (Wildman–Crippen MR) is 63.0 cm³/mol. The number of nitro benzene ring substituents is 1. The summed E-state index contributed by atoms with van der Waals surface area (Å²) in [5.41, 5.74) is -1.11. The van der Waals surface area contributed by atoms with E-state index in [1.165, 1.54) is 0 Å². The van der Waals surface area contributed by atoms with E-state index in [9.17, 15) is 29.9 Å². The van der Waals surface area contributed by atoms with E-state index in [1.54, 1.807) is 0 Å². The van der Waals surface area contributed by atoms with Crippen LogP contribution < -0.4 is 0 Å². The molecule has 0 aliphatic heterocycles. The van der Waals surface area contributed by atoms with E-state index < -0.39 is 40.3 Å². The Bertz CT molecular complexity index is 555. The highest BCUT2D eigenvalue weighted by Gasteiger charge is 2.30. The summed E-state index contributed by atoms with van der Waals surface area (Å²) in [7, 11) is 1.02. The van der Waals surface area contributed by atoms with Gasteiger partial charge in [-0.15, -0.1) is 0 Å². The topological polar surface area (TPSA) is 147 Å². The van der Waals surface area contributed by atoms with E-state index in [0.29, 0.717) is 0 Å². The van der Waals surface area contributed by atoms with E-state index >= 15 is 0 Å². The number of aliphatic hydroxyl groups excluding tert-OH is 2. The molecule has 9 heteroatoms. The lowest BCUT2D eigenvalue weighted by Crippen LogP contribution is -2.28. The molecule has 20 heavy (non-hydrogen) atoms. The average molecular weight is 285 g/mol. The number of carboxylic acids is 1. The van der Waals surface area contributed by atoms with Crippen LogP contribution in [0.1, 0.15) is 22.0 Å². The summed E-state index contributed by atoms with van der Waals surface area (Å²) < 4.78 is 4.40. The summed E-state index contributed by atoms with van der Waals surface area (Å²) in [5, 5.41) is 38.2. The third-order valence-corrected chi connectivity index (χ3v) is 2.52. The van der Waals surface area contributed by atoms with Crippen LogP contribution in [-0.4, -0.2) is 45.4 Å². The van der Waals surface area contributed by atoms with Crippen LogP contribution in [-0.2, 0) is 9.53 Å². The third kappa shape index (κ3) is 3.08. The first-order chi connectivity index (χ1) is 9.29. The zero-order valence-electron chi connectivity index (χ0n) is 10.2. The Hall–Kier alpha value is -2.52. The molecule has 0 fully saturated rings. The number of nitro groups is 1. The molecule has 0 aromatic heterocycles. The zero-order valence-corrected chi connectivity index (χ0v) is 10.2. The Labute approximate surface area is 112 Å². The minimum Gasteiger partial charge on any atom is -0.479 e. The molecule has 2 unspecified atom stereocenters. The van der Waals surface area contributed by atoms with Gasteiger partial charge in [0, 0.05) is 12.1 Å². The fourth-order valence-electron chi connectivity index (χ4n) is 1.51. The number of carboxylic acid groups (broad SMARTS) is 1. The van der Waals surface area contributed by atoms with Crippen molar-refractivity contribution in [2.75, 3.05) is 7.11 Å². The summed E-state index contributed by atoms with van der Waals surface area (Å²) in [6.45, 7) is 0. The molecule has 0 aliphatic carbocycles. The van der Waals surface area contributed by atoms with E-state index in [-0.39, 0.29) is 5.56 Å². The molecule has 0 heterocycles. The summed E-state index contributed by atoms with van der Waals surface area (Å²) in [6, 6.07) is 2.79. The van der Waals surface area contributed by atoms with Gasteiger partial charge in [0.1, 0.15) is 6.10 Å². The van der Waals surface area contributed by atoms with Crippen LogP contribution in [0.15, 0.2) is 18.2 Å². The quantitative estimate of drug-likeness (QED) is 0.384. The van der Waals surface area contributed by atoms with E-state index in [4.69, 9.17) is 5.11 Å². The van der Waals surface area contributed by atoms with Gasteiger partial charge in [0.05, 0.1) is 17.6 Å². The van der Waals surface area contributed by atoms with Crippen LogP contribution in [0.4, 0.5) is 5.69 Å². The van der Waals surface area contributed by atoms with Gasteiger partial charge in [0.2, 0.25) is 0 Å². The van der Waals surface area contributed by atoms with Crippen LogP contribution >= 0.6 is 0 Å². The second-order valence-corrected chi connectivity index (χ2v) is 3.75. The van der Waals surface area contributed by atoms with Crippen molar-refractivity contribution in [2.45, 2.75) is 12.2 Å². The van der Waals surface area contributed by atoms with Gasteiger partial charge in [-0.3, -0.25) is 10.1 Å². The van der Waals surface area contributed by atoms with Crippen molar-refractivity contribution in [2.24, 2.45) is 0 Å². The number of aliphatic carboxylic acids is 1. The molecule has 0 spiro atoms. The lowest BCUT2D eigenvalue weighted by Gasteiger charge is -2.16. The third-order valence-electron chi connectivity index (χ3n) is 2.52. The van der Waals surface area contributed by atoms with Crippen molar-refractivity contribution < 1.29 is 34.6 Å². The Kier molecular flexibility index (Phi) is 4.73. The summed E-state index contributed by atoms with van der Waals surface area (Å²) in [5.74, 6) is -2.70. The standard InChI is InChI=1S/C11H11NO8/c1-20-11(17)7-4-5(12(18)19)2-3-6(7)8(13)9(14)10(15)16/h2-4,8-9,13-14H,1H3,(H,15,16). The number of ether oxygens (including phenoxy) is 1. The lowest BCUT2D eigenvalue weighted by molar-refractivity contribution is -0.384. The first-order valence-corrected chi connectivity index (χ1v) is 5.25. The number of carbonyl (C=O) groups is 2. The monoisotopic (exact) mass is 285 g/mol. The number of rotatable bonds is 5. The SMILES string of the molecule is COC(=O)c1cc([N+](=O)[O-])ccc1C(O)C(O)C(=O)O. The number of benzene rings is 1. The first kappa shape index (κ1) is 15.5. The lowest BCUT2D eigenvalue weighted by atomic mass is 9.98. The van der Waals surface area contributed by atoms with Crippen molar-refractivity contribution in [1.82, 2.24) is 0 Å². The average Bonchev–Trinajstić information content (AvgIpc) is 2.43. The van der Waals surface area contributed by atoms with Crippen LogP contribution in [0.5, 0.6) is 0 Å². The number of carbonyl (C=O) groups excluding carboxylic acids is 1. The summed E-state index contributed by atoms with van der Waals surface area (Å²) in [4.78, 5) is 32.0. The molecule has 0 aliphatic rings. The maximum atomic E-state index is 11.5. The molecular weight excluding hydrogens is 274 g/mol. The van der Waals surface area contributed by atoms with Gasteiger partial charge in [0.25, 0.3) is 5.69 Å². The summed E-state index contributed by atoms with van der Waals surface area (Å²) >= 11 is 0. The van der Waals surface area contributed by atoms with Crippen molar-refractivity contribution >= 4 is 17.6 Å². The van der Waals surface area contributed by atoms with Gasteiger partial charge < -0.3 is 20.1 Å². The fraction of sp³-hybridized carbons (Fsp3) is 0.273. The van der Waals surface area contributed by atoms with Gasteiger partial charge in [-0.25, -0.2) is 9.59 Å². The predicted octanol–water partition coefficient (Wildman–Crippen LogP) is -0.140. The molecule has 2 atom stereocenters. The molecule has 1 aromatic carbocycles. The van der Waals surface area contributed by atoms with Gasteiger partial charge in [-0.05, 0) is 11.6 Å². The second-order valence-electron chi connectivity index (χ2n) is 3.75. The van der Waals surface area contributed by atoms with Crippen molar-refractivity contribution in [3.05, 3.63) is 39.4 Å². The number of esters is 1. The van der Waals surface area contributed by atoms with E-state index in [0.717, 1.165) is 25.3 Å². The van der Waals surface area contributed by atoms with Gasteiger partial charge in [-0.1, -0.05) is 0 Å². The number of methoxy groups -OCH3 is 1. The molecule has 1 rings (SSSR count). The Morgan fingerprint density at radius 1 is 1.35 bits per heavy atom. The number of hydrogen-bond donors (Lipinski definition) is 3. The van der Waals surface area contributed by atoms with Gasteiger partial charge >= 0.3 is 11.9 Å². The van der Waals surface area contributed by atoms with Crippen LogP contribution in [0.2, 0.25) is 0 Å². The Balaban J connectivity index is 3.35. The van der Waals surface area contributed by atoms with E-state index in [2.05, 4.69) is 4.74 Å². The normalized spacial score (nSPS) is 13.3. The summed E-state index contributed by atoms with van der Waals surface area (Å²) in [6.07, 6.45) is -4.11. The molecule has 1 aromatic rings. The number of aliphatic hydroxyl groups is 2. The highest BCUT2D eigenvalue weighted by molar-refractivity contribution is 5.92. The number of nitrogens with zero attached hydrogens (tertiary/aromatic N) is 1. The molecule has 0 amide bonds. The van der Waals surface area contributed by atoms with E-state index in [1.807, 2.05) is 0 Å². The molecule has 9 nitrogen and oxygen atoms in total. The van der Waals surface area contributed by atoms with Crippen LogP contribution in [0.3, 0.4) is 0 Å². The molecule has 0 saturated heterocycles. The largest absolute Gasteiger partial charge is 0.479 e. The van der Waals surface area contributed by atoms with Crippen molar-refractivity contribution in [3.8, 4) is 0 Å². The molecular formula is C11H11NO8. The Morgan fingerprint density at radius 3 is 2.40 bits per heavy atom. The molecule has 3 N–H and O–H groups in total. The van der Waals surface area contributed by atoms with Gasteiger partial charge in [0.15, 0.2) is 6.10 Å². The smallest absolute Gasteiger partial charge is 0.338 e. The zero-order chi connectivity index (χ0) is 15.4. The minimum absolute atomic E-state index is 0.280. The molecule has 108 valence electrons. The fourth-order valence-corrected chi connectivity index (χ4v) is 1.51. The molecule has 0 saturated carbocycles. The van der Waals surface area contributed by atoms with Crippen LogP contribution in [0.25, 0.3) is 0 Å². The highest BCUT2D eigenvalue weighted by Crippen LogP contribution is 2.26. The van der Waals surface area contributed by atoms with Crippen molar-refractivity contribution in [3.63, 3.8) is 0 Å². The minimum atomic E-state index is -2.18. The number of hydrogen-bond acceptors (Lipinski definition) is 7. The maximum Gasteiger partial charge on any atom is 0.338 e. The second kappa shape index (κ2) is 6.08. The van der Waals surface area contributed by atoms with Crippen molar-refractivity contribution in [1.29, 1.82) is 0 Å². The highest BCUT2D eigenvalue weighted by atomic mass is 16.6. The molecule has 0 radical (unpaired) electrons. The first-order valence-electron chi connectivity index (χ1n) is 5.25. The number of non-ortho nitro benzene ring substituents is 1. The Morgan fingerprint density at radius 2 is 1.95 bits per heavy atom.